The number of nitrogens with zero attached hydrogens (tertiary/aromatic N) is 4. The number of carbonyl (C=O) groups excluding carboxylic acids is 1. The highest BCUT2D eigenvalue weighted by molar-refractivity contribution is 7.13. The van der Waals surface area contributed by atoms with E-state index in [1.54, 1.807) is 54.2 Å². The number of anilines is 2. The second kappa shape index (κ2) is 11.2. The molecule has 188 valence electrons. The van der Waals surface area contributed by atoms with Gasteiger partial charge in [0.2, 0.25) is 5.69 Å². The average Bonchev–Trinajstić information content (AvgIpc) is 3.42. The van der Waals surface area contributed by atoms with Gasteiger partial charge < -0.3 is 19.7 Å². The highest BCUT2D eigenvalue weighted by atomic mass is 32.1. The number of urea groups is 1. The van der Waals surface area contributed by atoms with E-state index in [1.165, 1.54) is 11.3 Å². The first-order valence-corrected chi connectivity index (χ1v) is 12.8. The van der Waals surface area contributed by atoms with Crippen molar-refractivity contribution < 1.29 is 14.3 Å². The number of rotatable bonds is 7. The Balaban J connectivity index is 1.27. The van der Waals surface area contributed by atoms with Crippen LogP contribution in [-0.4, -0.2) is 47.6 Å². The Morgan fingerprint density at radius 3 is 2.65 bits per heavy atom. The van der Waals surface area contributed by atoms with E-state index in [2.05, 4.69) is 37.4 Å². The molecule has 2 amide bonds. The fourth-order valence-electron chi connectivity index (χ4n) is 4.14. The summed E-state index contributed by atoms with van der Waals surface area (Å²) >= 11 is 1.34. The minimum absolute atomic E-state index is 0.371. The summed E-state index contributed by atoms with van der Waals surface area (Å²) in [7, 11) is 2.14. The fraction of sp³-hybridized carbons (Fsp3) is 0.259. The molecular formula is C27H26N6O3S. The summed E-state index contributed by atoms with van der Waals surface area (Å²) in [4.78, 5) is 26.6. The van der Waals surface area contributed by atoms with Gasteiger partial charge in [-0.2, -0.15) is 0 Å². The van der Waals surface area contributed by atoms with E-state index in [0.29, 0.717) is 51.8 Å². The number of aromatic nitrogens is 2. The summed E-state index contributed by atoms with van der Waals surface area (Å²) in [5, 5.41) is 8.47. The molecule has 0 saturated carbocycles. The van der Waals surface area contributed by atoms with E-state index >= 15 is 0 Å². The summed E-state index contributed by atoms with van der Waals surface area (Å²) in [6.07, 6.45) is 5.49. The number of piperidine rings is 1. The largest absolute Gasteiger partial charge is 0.504 e. The van der Waals surface area contributed by atoms with Crippen molar-refractivity contribution in [1.82, 2.24) is 14.9 Å². The molecule has 1 fully saturated rings. The normalized spacial score (nSPS) is 14.2. The molecule has 0 aliphatic carbocycles. The number of likely N-dealkylation sites (tertiary alicyclic amines) is 1. The van der Waals surface area contributed by atoms with Crippen LogP contribution in [0.5, 0.6) is 17.2 Å². The molecule has 0 radical (unpaired) electrons. The number of amides is 2. The topological polar surface area (TPSA) is 93.0 Å². The van der Waals surface area contributed by atoms with Crippen LogP contribution in [0.4, 0.5) is 21.3 Å². The summed E-state index contributed by atoms with van der Waals surface area (Å²) < 4.78 is 12.2. The lowest BCUT2D eigenvalue weighted by molar-refractivity contribution is 0.160. The lowest BCUT2D eigenvalue weighted by atomic mass is 9.98. The second-order valence-electron chi connectivity index (χ2n) is 8.86. The number of thiazole rings is 1. The van der Waals surface area contributed by atoms with E-state index in [1.807, 2.05) is 6.07 Å². The lowest BCUT2D eigenvalue weighted by Crippen LogP contribution is -2.32. The molecule has 37 heavy (non-hydrogen) atoms. The molecule has 5 rings (SSSR count). The van der Waals surface area contributed by atoms with Gasteiger partial charge in [0.1, 0.15) is 17.2 Å². The first-order valence-electron chi connectivity index (χ1n) is 11.9. The molecule has 0 atom stereocenters. The minimum Gasteiger partial charge on any atom is -0.504 e. The van der Waals surface area contributed by atoms with Gasteiger partial charge in [-0.05, 0) is 81.4 Å². The standard InChI is InChI=1S/C27H26N6O3S/c1-28-23-15-21-22(16-25(23)35-17-18-8-12-33(2)13-9-18)29-10-7-24(21)36-20-5-3-19(4-6-20)31-26(34)32-27-30-11-14-37-27/h3-7,10-11,14-16,18H,8-9,12-13,17H2,2H3,(H2,30,31,32,34). The van der Waals surface area contributed by atoms with Crippen LogP contribution in [0.3, 0.4) is 0 Å². The summed E-state index contributed by atoms with van der Waals surface area (Å²) in [6.45, 7) is 10.4. The maximum Gasteiger partial charge on any atom is 0.325 e. The van der Waals surface area contributed by atoms with E-state index in [4.69, 9.17) is 16.0 Å². The molecule has 1 aliphatic heterocycles. The van der Waals surface area contributed by atoms with Gasteiger partial charge in [0, 0.05) is 28.8 Å². The van der Waals surface area contributed by atoms with Crippen molar-refractivity contribution in [2.24, 2.45) is 5.92 Å². The van der Waals surface area contributed by atoms with Crippen molar-refractivity contribution >= 4 is 44.8 Å². The van der Waals surface area contributed by atoms with Crippen molar-refractivity contribution in [3.05, 3.63) is 71.7 Å². The number of benzene rings is 2. The van der Waals surface area contributed by atoms with E-state index in [-0.39, 0.29) is 6.03 Å². The summed E-state index contributed by atoms with van der Waals surface area (Å²) in [6, 6.07) is 12.0. The molecule has 2 aromatic carbocycles. The summed E-state index contributed by atoms with van der Waals surface area (Å²) in [5.74, 6) is 2.21. The molecule has 4 aromatic rings. The molecule has 2 N–H and O–H groups in total. The van der Waals surface area contributed by atoms with Gasteiger partial charge in [0.05, 0.1) is 18.7 Å². The van der Waals surface area contributed by atoms with Gasteiger partial charge in [0.25, 0.3) is 0 Å². The highest BCUT2D eigenvalue weighted by Gasteiger charge is 2.19. The van der Waals surface area contributed by atoms with Gasteiger partial charge in [-0.3, -0.25) is 10.3 Å². The number of hydrogen-bond donors (Lipinski definition) is 2. The molecule has 9 nitrogen and oxygen atoms in total. The summed E-state index contributed by atoms with van der Waals surface area (Å²) in [5.41, 5.74) is 1.74. The van der Waals surface area contributed by atoms with Crippen LogP contribution < -0.4 is 20.1 Å². The molecular weight excluding hydrogens is 488 g/mol. The Morgan fingerprint density at radius 2 is 1.92 bits per heavy atom. The van der Waals surface area contributed by atoms with Crippen molar-refractivity contribution in [1.29, 1.82) is 0 Å². The van der Waals surface area contributed by atoms with Gasteiger partial charge in [-0.15, -0.1) is 11.3 Å². The number of pyridine rings is 1. The Labute approximate surface area is 218 Å². The third-order valence-electron chi connectivity index (χ3n) is 6.21. The van der Waals surface area contributed by atoms with Gasteiger partial charge in [-0.25, -0.2) is 14.6 Å². The number of nitrogens with one attached hydrogen (secondary N) is 2. The smallest absolute Gasteiger partial charge is 0.325 e. The predicted molar refractivity (Wildman–Crippen MR) is 145 cm³/mol. The maximum atomic E-state index is 12.1. The molecule has 3 heterocycles. The lowest BCUT2D eigenvalue weighted by Gasteiger charge is -2.28. The minimum atomic E-state index is -0.371. The van der Waals surface area contributed by atoms with Crippen molar-refractivity contribution in [3.8, 4) is 17.2 Å². The van der Waals surface area contributed by atoms with Crippen LogP contribution in [-0.2, 0) is 0 Å². The first kappa shape index (κ1) is 24.5. The molecule has 1 aliphatic rings. The predicted octanol–water partition coefficient (Wildman–Crippen LogP) is 6.40. The first-order chi connectivity index (χ1) is 18.1. The van der Waals surface area contributed by atoms with Crippen LogP contribution in [0.25, 0.3) is 15.7 Å². The van der Waals surface area contributed by atoms with E-state index < -0.39 is 0 Å². The Hall–Kier alpha value is -4.20. The molecule has 10 heteroatoms. The maximum absolute atomic E-state index is 12.1. The zero-order valence-electron chi connectivity index (χ0n) is 20.3. The fourth-order valence-corrected chi connectivity index (χ4v) is 4.67. The number of carbonyl (C=O) groups is 1. The van der Waals surface area contributed by atoms with Gasteiger partial charge >= 0.3 is 6.03 Å². The van der Waals surface area contributed by atoms with Crippen LogP contribution >= 0.6 is 11.3 Å². The third-order valence-corrected chi connectivity index (χ3v) is 6.90. The molecule has 2 aromatic heterocycles. The second-order valence-corrected chi connectivity index (χ2v) is 9.75. The Kier molecular flexibility index (Phi) is 7.44. The number of fused-ring (bicyclic) bond motifs is 1. The van der Waals surface area contributed by atoms with Crippen LogP contribution in [0.15, 0.2) is 60.2 Å². The SMILES string of the molecule is [C-]#[N+]c1cc2c(Oc3ccc(NC(=O)Nc4nccs4)cc3)ccnc2cc1OCC1CCN(C)CC1. The van der Waals surface area contributed by atoms with Crippen molar-refractivity contribution in [2.75, 3.05) is 37.4 Å². The number of hydrogen-bond acceptors (Lipinski definition) is 7. The molecule has 0 spiro atoms. The van der Waals surface area contributed by atoms with Crippen molar-refractivity contribution in [3.63, 3.8) is 0 Å². The average molecular weight is 515 g/mol. The molecule has 0 bridgehead atoms. The van der Waals surface area contributed by atoms with Crippen LogP contribution in [0.1, 0.15) is 12.8 Å². The Bertz CT molecular complexity index is 1410. The Morgan fingerprint density at radius 1 is 1.11 bits per heavy atom. The van der Waals surface area contributed by atoms with E-state index in [0.717, 1.165) is 31.3 Å². The zero-order valence-corrected chi connectivity index (χ0v) is 21.1. The van der Waals surface area contributed by atoms with Crippen molar-refractivity contribution in [2.45, 2.75) is 12.8 Å². The molecule has 1 saturated heterocycles. The van der Waals surface area contributed by atoms with Gasteiger partial charge in [-0.1, -0.05) is 0 Å². The van der Waals surface area contributed by atoms with Gasteiger partial charge in [0.15, 0.2) is 5.13 Å². The zero-order chi connectivity index (χ0) is 25.6. The third kappa shape index (κ3) is 6.14. The van der Waals surface area contributed by atoms with E-state index in [9.17, 15) is 4.79 Å². The number of ether oxygens (including phenoxy) is 2. The monoisotopic (exact) mass is 514 g/mol. The van der Waals surface area contributed by atoms with Crippen LogP contribution in [0, 0.1) is 12.5 Å². The highest BCUT2D eigenvalue weighted by Crippen LogP contribution is 2.38. The van der Waals surface area contributed by atoms with Crippen LogP contribution in [0.2, 0.25) is 0 Å². The molecule has 0 unspecified atom stereocenters. The quantitative estimate of drug-likeness (QED) is 0.277.